The van der Waals surface area contributed by atoms with Gasteiger partial charge in [-0.3, -0.25) is 9.69 Å². The quantitative estimate of drug-likeness (QED) is 0.829. The molecule has 0 bridgehead atoms. The Morgan fingerprint density at radius 3 is 2.23 bits per heavy atom. The molecule has 3 fully saturated rings. The maximum absolute atomic E-state index is 12.4. The van der Waals surface area contributed by atoms with Crippen molar-refractivity contribution in [3.63, 3.8) is 0 Å². The predicted molar refractivity (Wildman–Crippen MR) is 101 cm³/mol. The molecule has 6 heteroatoms. The number of amides is 1. The predicted octanol–water partition coefficient (Wildman–Crippen LogP) is 2.70. The van der Waals surface area contributed by atoms with Gasteiger partial charge < -0.3 is 9.47 Å². The minimum Gasteiger partial charge on any atom is -0.342 e. The molecule has 1 aromatic rings. The summed E-state index contributed by atoms with van der Waals surface area (Å²) < 4.78 is 2.22. The van der Waals surface area contributed by atoms with Gasteiger partial charge in [-0.2, -0.15) is 0 Å². The van der Waals surface area contributed by atoms with E-state index in [2.05, 4.69) is 31.6 Å². The number of likely N-dealkylation sites (tertiary alicyclic amines) is 2. The summed E-state index contributed by atoms with van der Waals surface area (Å²) in [6.45, 7) is 5.05. The zero-order chi connectivity index (χ0) is 17.9. The van der Waals surface area contributed by atoms with Crippen LogP contribution in [0.4, 0.5) is 0 Å². The van der Waals surface area contributed by atoms with E-state index in [1.807, 2.05) is 0 Å². The number of carbonyl (C=O) groups excluding carboxylic acids is 1. The van der Waals surface area contributed by atoms with E-state index in [-0.39, 0.29) is 0 Å². The Hall–Kier alpha value is -1.43. The third-order valence-electron chi connectivity index (χ3n) is 6.69. The maximum Gasteiger partial charge on any atom is 0.225 e. The van der Waals surface area contributed by atoms with Crippen molar-refractivity contribution in [1.29, 1.82) is 0 Å². The van der Waals surface area contributed by atoms with Crippen molar-refractivity contribution in [2.24, 2.45) is 13.0 Å². The second-order valence-corrected chi connectivity index (χ2v) is 8.45. The van der Waals surface area contributed by atoms with Crippen LogP contribution >= 0.6 is 0 Å². The summed E-state index contributed by atoms with van der Waals surface area (Å²) in [4.78, 5) is 17.1. The summed E-state index contributed by atoms with van der Waals surface area (Å²) in [7, 11) is 2.12. The van der Waals surface area contributed by atoms with Crippen LogP contribution in [0.2, 0.25) is 0 Å². The Labute approximate surface area is 156 Å². The second kappa shape index (κ2) is 8.07. The molecule has 0 unspecified atom stereocenters. The van der Waals surface area contributed by atoms with Crippen LogP contribution in [-0.2, 0) is 18.4 Å². The monoisotopic (exact) mass is 359 g/mol. The van der Waals surface area contributed by atoms with Crippen LogP contribution in [0.25, 0.3) is 0 Å². The Morgan fingerprint density at radius 1 is 0.923 bits per heavy atom. The minimum absolute atomic E-state index is 0.321. The third kappa shape index (κ3) is 3.80. The molecule has 1 saturated carbocycles. The smallest absolute Gasteiger partial charge is 0.225 e. The van der Waals surface area contributed by atoms with E-state index in [4.69, 9.17) is 0 Å². The number of piperidine rings is 1. The fourth-order valence-corrected chi connectivity index (χ4v) is 4.63. The first-order valence-electron chi connectivity index (χ1n) is 10.6. The highest BCUT2D eigenvalue weighted by molar-refractivity contribution is 5.79. The standard InChI is InChI=1S/C20H33N5O/c1-23-18(15-24-11-4-2-3-5-12-24)21-22-19(23)16-9-13-25(14-10-16)20(26)17-7-6-8-17/h16-17H,2-15H2,1H3. The van der Waals surface area contributed by atoms with Gasteiger partial charge in [-0.25, -0.2) is 0 Å². The van der Waals surface area contributed by atoms with Gasteiger partial charge in [0.1, 0.15) is 11.6 Å². The van der Waals surface area contributed by atoms with E-state index in [1.54, 1.807) is 0 Å². The molecule has 0 radical (unpaired) electrons. The number of rotatable bonds is 4. The molecule has 6 nitrogen and oxygen atoms in total. The number of carbonyl (C=O) groups is 1. The first-order chi connectivity index (χ1) is 12.7. The SMILES string of the molecule is Cn1c(CN2CCCCCC2)nnc1C1CCN(C(=O)C2CCC2)CC1. The van der Waals surface area contributed by atoms with E-state index < -0.39 is 0 Å². The van der Waals surface area contributed by atoms with Crippen LogP contribution in [0.15, 0.2) is 0 Å². The van der Waals surface area contributed by atoms with E-state index in [0.29, 0.717) is 17.7 Å². The molecule has 144 valence electrons. The van der Waals surface area contributed by atoms with Crippen LogP contribution < -0.4 is 0 Å². The van der Waals surface area contributed by atoms with Crippen molar-refractivity contribution in [3.05, 3.63) is 11.6 Å². The Kier molecular flexibility index (Phi) is 5.57. The first-order valence-corrected chi connectivity index (χ1v) is 10.6. The van der Waals surface area contributed by atoms with Crippen molar-refractivity contribution < 1.29 is 4.79 Å². The van der Waals surface area contributed by atoms with Crippen molar-refractivity contribution >= 4 is 5.91 Å². The topological polar surface area (TPSA) is 54.3 Å². The van der Waals surface area contributed by atoms with Crippen molar-refractivity contribution in [2.45, 2.75) is 70.3 Å². The van der Waals surface area contributed by atoms with Crippen molar-refractivity contribution in [1.82, 2.24) is 24.6 Å². The second-order valence-electron chi connectivity index (χ2n) is 8.45. The average Bonchev–Trinajstić information content (AvgIpc) is 2.81. The first kappa shape index (κ1) is 18.0. The molecule has 4 rings (SSSR count). The molecule has 3 aliphatic rings. The third-order valence-corrected chi connectivity index (χ3v) is 6.69. The summed E-state index contributed by atoms with van der Waals surface area (Å²) >= 11 is 0. The molecule has 1 aromatic heterocycles. The minimum atomic E-state index is 0.321. The molecular formula is C20H33N5O. The van der Waals surface area contributed by atoms with Gasteiger partial charge in [-0.15, -0.1) is 10.2 Å². The number of hydrogen-bond donors (Lipinski definition) is 0. The van der Waals surface area contributed by atoms with Crippen molar-refractivity contribution in [3.8, 4) is 0 Å². The lowest BCUT2D eigenvalue weighted by Crippen LogP contribution is -2.43. The molecule has 1 amide bonds. The highest BCUT2D eigenvalue weighted by atomic mass is 16.2. The number of aromatic nitrogens is 3. The summed E-state index contributed by atoms with van der Waals surface area (Å²) in [6.07, 6.45) is 10.8. The van der Waals surface area contributed by atoms with Crippen LogP contribution in [0, 0.1) is 5.92 Å². The fourth-order valence-electron chi connectivity index (χ4n) is 4.63. The number of hydrogen-bond acceptors (Lipinski definition) is 4. The lowest BCUT2D eigenvalue weighted by molar-refractivity contribution is -0.139. The molecule has 0 aromatic carbocycles. The number of nitrogens with zero attached hydrogens (tertiary/aromatic N) is 5. The van der Waals surface area contributed by atoms with E-state index in [1.165, 1.54) is 45.2 Å². The molecule has 0 atom stereocenters. The zero-order valence-electron chi connectivity index (χ0n) is 16.2. The molecule has 26 heavy (non-hydrogen) atoms. The maximum atomic E-state index is 12.4. The van der Waals surface area contributed by atoms with E-state index >= 15 is 0 Å². The largest absolute Gasteiger partial charge is 0.342 e. The van der Waals surface area contributed by atoms with Gasteiger partial charge in [0, 0.05) is 32.0 Å². The Morgan fingerprint density at radius 2 is 1.62 bits per heavy atom. The normalized spacial score (nSPS) is 23.7. The summed E-state index contributed by atoms with van der Waals surface area (Å²) in [5.74, 6) is 3.37. The average molecular weight is 360 g/mol. The van der Waals surface area contributed by atoms with Gasteiger partial charge in [0.2, 0.25) is 5.91 Å². The molecule has 3 heterocycles. The van der Waals surface area contributed by atoms with Crippen molar-refractivity contribution in [2.75, 3.05) is 26.2 Å². The van der Waals surface area contributed by atoms with Crippen LogP contribution in [0.5, 0.6) is 0 Å². The van der Waals surface area contributed by atoms with Gasteiger partial charge in [0.05, 0.1) is 6.54 Å². The molecular weight excluding hydrogens is 326 g/mol. The summed E-state index contributed by atoms with van der Waals surface area (Å²) in [5.41, 5.74) is 0. The zero-order valence-corrected chi connectivity index (χ0v) is 16.2. The van der Waals surface area contributed by atoms with Gasteiger partial charge >= 0.3 is 0 Å². The molecule has 1 aliphatic carbocycles. The van der Waals surface area contributed by atoms with Gasteiger partial charge in [0.25, 0.3) is 0 Å². The summed E-state index contributed by atoms with van der Waals surface area (Å²) in [6, 6.07) is 0. The highest BCUT2D eigenvalue weighted by Crippen LogP contribution is 2.32. The molecule has 0 spiro atoms. The molecule has 2 aliphatic heterocycles. The molecule has 0 N–H and O–H groups in total. The lowest BCUT2D eigenvalue weighted by atomic mass is 9.83. The Balaban J connectivity index is 1.33. The van der Waals surface area contributed by atoms with E-state index in [0.717, 1.165) is 57.0 Å². The summed E-state index contributed by atoms with van der Waals surface area (Å²) in [5, 5.41) is 9.05. The van der Waals surface area contributed by atoms with Crippen LogP contribution in [0.3, 0.4) is 0 Å². The van der Waals surface area contributed by atoms with Crippen LogP contribution in [0.1, 0.15) is 75.4 Å². The van der Waals surface area contributed by atoms with Gasteiger partial charge in [-0.05, 0) is 51.6 Å². The molecule has 2 saturated heterocycles. The lowest BCUT2D eigenvalue weighted by Gasteiger charge is -2.36. The van der Waals surface area contributed by atoms with Gasteiger partial charge in [0.15, 0.2) is 0 Å². The highest BCUT2D eigenvalue weighted by Gasteiger charge is 2.33. The fraction of sp³-hybridized carbons (Fsp3) is 0.850. The van der Waals surface area contributed by atoms with Crippen LogP contribution in [-0.4, -0.2) is 56.7 Å². The van der Waals surface area contributed by atoms with Gasteiger partial charge in [-0.1, -0.05) is 19.3 Å². The van der Waals surface area contributed by atoms with E-state index in [9.17, 15) is 4.79 Å². The Bertz CT molecular complexity index is 608.